The molecule has 2 N–H and O–H groups in total. The average molecular weight is 432 g/mol. The van der Waals surface area contributed by atoms with E-state index in [-0.39, 0.29) is 30.1 Å². The fraction of sp³-hybridized carbons (Fsp3) is 0.333. The van der Waals surface area contributed by atoms with E-state index in [0.29, 0.717) is 22.6 Å². The first kappa shape index (κ1) is 21.8. The van der Waals surface area contributed by atoms with Crippen molar-refractivity contribution in [1.82, 2.24) is 4.72 Å². The fourth-order valence-electron chi connectivity index (χ4n) is 2.68. The summed E-state index contributed by atoms with van der Waals surface area (Å²) in [4.78, 5) is 24.0. The molecule has 0 radical (unpaired) electrons. The summed E-state index contributed by atoms with van der Waals surface area (Å²) in [6.45, 7) is 3.49. The number of ether oxygens (including phenoxy) is 2. The van der Waals surface area contributed by atoms with E-state index in [1.807, 2.05) is 0 Å². The van der Waals surface area contributed by atoms with Gasteiger partial charge in [0.25, 0.3) is 5.91 Å². The highest BCUT2D eigenvalue weighted by Gasteiger charge is 2.28. The predicted molar refractivity (Wildman–Crippen MR) is 111 cm³/mol. The number of benzene rings is 2. The first-order chi connectivity index (χ1) is 14.3. The second-order valence-corrected chi connectivity index (χ2v) is 8.67. The van der Waals surface area contributed by atoms with Gasteiger partial charge in [-0.05, 0) is 74.7 Å². The lowest BCUT2D eigenvalue weighted by Crippen LogP contribution is -2.25. The van der Waals surface area contributed by atoms with Crippen molar-refractivity contribution in [2.45, 2.75) is 37.6 Å². The molecule has 8 nitrogen and oxygen atoms in total. The predicted octanol–water partition coefficient (Wildman–Crippen LogP) is 2.63. The number of carbonyl (C=O) groups excluding carboxylic acids is 2. The van der Waals surface area contributed by atoms with Crippen LogP contribution in [-0.2, 0) is 19.6 Å². The molecule has 1 aliphatic carbocycles. The minimum absolute atomic E-state index is 0.0290. The first-order valence-corrected chi connectivity index (χ1v) is 11.1. The fourth-order valence-corrected chi connectivity index (χ4v) is 4.07. The van der Waals surface area contributed by atoms with Crippen LogP contribution in [0.15, 0.2) is 47.4 Å². The van der Waals surface area contributed by atoms with Crippen LogP contribution in [0.1, 0.15) is 35.7 Å². The lowest BCUT2D eigenvalue weighted by Gasteiger charge is -2.12. The minimum Gasteiger partial charge on any atom is -0.483 e. The van der Waals surface area contributed by atoms with E-state index >= 15 is 0 Å². The van der Waals surface area contributed by atoms with E-state index in [0.717, 1.165) is 12.8 Å². The maximum atomic E-state index is 12.3. The Morgan fingerprint density at radius 1 is 1.10 bits per heavy atom. The summed E-state index contributed by atoms with van der Waals surface area (Å²) < 4.78 is 37.6. The number of nitrogens with one attached hydrogen (secondary N) is 2. The number of hydrogen-bond donors (Lipinski definition) is 2. The number of anilines is 1. The molecule has 1 fully saturated rings. The van der Waals surface area contributed by atoms with Crippen molar-refractivity contribution in [3.05, 3.63) is 53.6 Å². The molecule has 1 saturated carbocycles. The van der Waals surface area contributed by atoms with Gasteiger partial charge in [-0.2, -0.15) is 0 Å². The zero-order valence-corrected chi connectivity index (χ0v) is 17.6. The Morgan fingerprint density at radius 3 is 2.40 bits per heavy atom. The molecular weight excluding hydrogens is 408 g/mol. The van der Waals surface area contributed by atoms with Gasteiger partial charge in [-0.15, -0.1) is 0 Å². The highest BCUT2D eigenvalue weighted by molar-refractivity contribution is 7.89. The third-order valence-electron chi connectivity index (χ3n) is 4.39. The van der Waals surface area contributed by atoms with Gasteiger partial charge in [-0.1, -0.05) is 0 Å². The summed E-state index contributed by atoms with van der Waals surface area (Å²) in [5.41, 5.74) is 1.52. The third-order valence-corrected chi connectivity index (χ3v) is 5.91. The normalized spacial score (nSPS) is 13.5. The molecule has 0 aromatic heterocycles. The number of amides is 1. The van der Waals surface area contributed by atoms with Crippen LogP contribution in [0.2, 0.25) is 0 Å². The van der Waals surface area contributed by atoms with Gasteiger partial charge in [0.15, 0.2) is 6.61 Å². The standard InChI is InChI=1S/C21H24N2O6S/c1-3-28-21(25)15-4-6-16(7-5-15)22-20(24)13-29-19-11-10-18(12-14(19)2)30(26,27)23-17-8-9-17/h4-7,10-12,17,23H,3,8-9,13H2,1-2H3,(H,22,24). The van der Waals surface area contributed by atoms with Gasteiger partial charge in [-0.3, -0.25) is 4.79 Å². The maximum absolute atomic E-state index is 12.3. The molecule has 1 aliphatic rings. The Morgan fingerprint density at radius 2 is 1.80 bits per heavy atom. The molecule has 0 saturated heterocycles. The molecule has 0 atom stereocenters. The van der Waals surface area contributed by atoms with E-state index in [1.54, 1.807) is 38.1 Å². The van der Waals surface area contributed by atoms with E-state index in [9.17, 15) is 18.0 Å². The van der Waals surface area contributed by atoms with Crippen molar-refractivity contribution in [2.75, 3.05) is 18.5 Å². The average Bonchev–Trinajstić information content (AvgIpc) is 3.51. The molecule has 160 valence electrons. The summed E-state index contributed by atoms with van der Waals surface area (Å²) in [5, 5.41) is 2.67. The second kappa shape index (κ2) is 9.27. The van der Waals surface area contributed by atoms with Crippen LogP contribution >= 0.6 is 0 Å². The van der Waals surface area contributed by atoms with Crippen LogP contribution in [0, 0.1) is 6.92 Å². The highest BCUT2D eigenvalue weighted by atomic mass is 32.2. The number of esters is 1. The zero-order valence-electron chi connectivity index (χ0n) is 16.8. The van der Waals surface area contributed by atoms with Gasteiger partial charge in [-0.25, -0.2) is 17.9 Å². The van der Waals surface area contributed by atoms with Crippen molar-refractivity contribution < 1.29 is 27.5 Å². The Balaban J connectivity index is 1.54. The van der Waals surface area contributed by atoms with E-state index < -0.39 is 16.0 Å². The maximum Gasteiger partial charge on any atom is 0.338 e. The lowest BCUT2D eigenvalue weighted by atomic mass is 10.2. The molecule has 9 heteroatoms. The van der Waals surface area contributed by atoms with Gasteiger partial charge in [0.1, 0.15) is 5.75 Å². The molecule has 30 heavy (non-hydrogen) atoms. The topological polar surface area (TPSA) is 111 Å². The Bertz CT molecular complexity index is 1030. The van der Waals surface area contributed by atoms with Crippen LogP contribution in [0.5, 0.6) is 5.75 Å². The zero-order chi connectivity index (χ0) is 21.7. The van der Waals surface area contributed by atoms with Crippen molar-refractivity contribution in [2.24, 2.45) is 0 Å². The summed E-state index contributed by atoms with van der Waals surface area (Å²) in [7, 11) is -3.54. The third kappa shape index (κ3) is 5.80. The first-order valence-electron chi connectivity index (χ1n) is 9.61. The molecule has 0 spiro atoms. The number of rotatable bonds is 9. The van der Waals surface area contributed by atoms with Crippen LogP contribution in [-0.4, -0.2) is 39.5 Å². The van der Waals surface area contributed by atoms with E-state index in [1.165, 1.54) is 18.2 Å². The number of aryl methyl sites for hydroxylation is 1. The molecule has 2 aromatic carbocycles. The summed E-state index contributed by atoms with van der Waals surface area (Å²) in [5.74, 6) is -0.384. The van der Waals surface area contributed by atoms with Gasteiger partial charge in [0, 0.05) is 11.7 Å². The Kier molecular flexibility index (Phi) is 6.73. The van der Waals surface area contributed by atoms with Crippen molar-refractivity contribution in [1.29, 1.82) is 0 Å². The van der Waals surface area contributed by atoms with E-state index in [2.05, 4.69) is 10.0 Å². The molecule has 2 aromatic rings. The molecule has 0 unspecified atom stereocenters. The van der Waals surface area contributed by atoms with Gasteiger partial charge >= 0.3 is 5.97 Å². The largest absolute Gasteiger partial charge is 0.483 e. The molecule has 1 amide bonds. The SMILES string of the molecule is CCOC(=O)c1ccc(NC(=O)COc2ccc(S(=O)(=O)NC3CC3)cc2C)cc1. The monoisotopic (exact) mass is 432 g/mol. The number of hydrogen-bond acceptors (Lipinski definition) is 6. The minimum atomic E-state index is -3.54. The highest BCUT2D eigenvalue weighted by Crippen LogP contribution is 2.25. The summed E-state index contributed by atoms with van der Waals surface area (Å²) in [6, 6.07) is 10.9. The van der Waals surface area contributed by atoms with Gasteiger partial charge < -0.3 is 14.8 Å². The molecule has 0 aliphatic heterocycles. The van der Waals surface area contributed by atoms with Crippen molar-refractivity contribution >= 4 is 27.6 Å². The quantitative estimate of drug-likeness (QED) is 0.590. The van der Waals surface area contributed by atoms with E-state index in [4.69, 9.17) is 9.47 Å². The summed E-state index contributed by atoms with van der Waals surface area (Å²) >= 11 is 0. The van der Waals surface area contributed by atoms with Crippen molar-refractivity contribution in [3.8, 4) is 5.75 Å². The van der Waals surface area contributed by atoms with Gasteiger partial charge in [0.2, 0.25) is 10.0 Å². The van der Waals surface area contributed by atoms with Gasteiger partial charge in [0.05, 0.1) is 17.1 Å². The molecule has 3 rings (SSSR count). The Labute approximate surface area is 175 Å². The number of sulfonamides is 1. The Hall–Kier alpha value is -2.91. The van der Waals surface area contributed by atoms with Crippen LogP contribution in [0.25, 0.3) is 0 Å². The molecule has 0 bridgehead atoms. The lowest BCUT2D eigenvalue weighted by molar-refractivity contribution is -0.118. The van der Waals surface area contributed by atoms with Crippen LogP contribution < -0.4 is 14.8 Å². The number of carbonyl (C=O) groups is 2. The second-order valence-electron chi connectivity index (χ2n) is 6.96. The van der Waals surface area contributed by atoms with Crippen LogP contribution in [0.3, 0.4) is 0 Å². The van der Waals surface area contributed by atoms with Crippen LogP contribution in [0.4, 0.5) is 5.69 Å². The molecular formula is C21H24N2O6S. The van der Waals surface area contributed by atoms with Crippen molar-refractivity contribution in [3.63, 3.8) is 0 Å². The smallest absolute Gasteiger partial charge is 0.338 e. The summed E-state index contributed by atoms with van der Waals surface area (Å²) in [6.07, 6.45) is 1.72. The molecule has 0 heterocycles.